The van der Waals surface area contributed by atoms with E-state index in [0.717, 1.165) is 5.76 Å². The summed E-state index contributed by atoms with van der Waals surface area (Å²) >= 11 is 0. The van der Waals surface area contributed by atoms with Gasteiger partial charge in [-0.1, -0.05) is 0 Å². The molecule has 0 saturated carbocycles. The second kappa shape index (κ2) is 4.21. The van der Waals surface area contributed by atoms with Crippen molar-refractivity contribution in [3.63, 3.8) is 0 Å². The minimum Gasteiger partial charge on any atom is -0.475 e. The Labute approximate surface area is 87.5 Å². The summed E-state index contributed by atoms with van der Waals surface area (Å²) < 4.78 is 15.4. The van der Waals surface area contributed by atoms with Crippen LogP contribution in [0, 0.1) is 0 Å². The molecule has 4 heteroatoms. The van der Waals surface area contributed by atoms with Crippen molar-refractivity contribution in [2.45, 2.75) is 19.4 Å². The Bertz CT molecular complexity index is 364. The van der Waals surface area contributed by atoms with Crippen LogP contribution in [0.4, 0.5) is 0 Å². The lowest BCUT2D eigenvalue weighted by molar-refractivity contribution is -0.143. The molecular weight excluding hydrogens is 196 g/mol. The van der Waals surface area contributed by atoms with E-state index >= 15 is 0 Å². The average molecular weight is 208 g/mol. The fourth-order valence-electron chi connectivity index (χ4n) is 1.45. The molecule has 15 heavy (non-hydrogen) atoms. The molecule has 0 saturated heterocycles. The molecule has 0 radical (unpaired) electrons. The topological polar surface area (TPSA) is 48.7 Å². The van der Waals surface area contributed by atoms with Crippen LogP contribution in [0.1, 0.15) is 25.2 Å². The molecule has 0 fully saturated rings. The van der Waals surface area contributed by atoms with E-state index in [-0.39, 0.29) is 11.9 Å². The molecule has 1 aliphatic rings. The van der Waals surface area contributed by atoms with Gasteiger partial charge in [-0.25, -0.2) is 4.79 Å². The van der Waals surface area contributed by atoms with E-state index < -0.39 is 5.97 Å². The zero-order valence-electron chi connectivity index (χ0n) is 8.43. The Balaban J connectivity index is 1.96. The van der Waals surface area contributed by atoms with Gasteiger partial charge in [0.25, 0.3) is 0 Å². The summed E-state index contributed by atoms with van der Waals surface area (Å²) in [7, 11) is 0. The first kappa shape index (κ1) is 9.83. The SMILES string of the molecule is CCOC(=O)C1=CCC(c2ccco2)O1. The van der Waals surface area contributed by atoms with Gasteiger partial charge in [-0.15, -0.1) is 0 Å². The normalized spacial score (nSPS) is 19.5. The predicted molar refractivity (Wildman–Crippen MR) is 51.9 cm³/mol. The largest absolute Gasteiger partial charge is 0.475 e. The molecule has 1 aromatic heterocycles. The Kier molecular flexibility index (Phi) is 2.76. The van der Waals surface area contributed by atoms with Gasteiger partial charge in [-0.2, -0.15) is 0 Å². The van der Waals surface area contributed by atoms with Gasteiger partial charge in [0.05, 0.1) is 12.9 Å². The van der Waals surface area contributed by atoms with Crippen molar-refractivity contribution in [1.29, 1.82) is 0 Å². The number of rotatable bonds is 3. The fourth-order valence-corrected chi connectivity index (χ4v) is 1.45. The number of furan rings is 1. The van der Waals surface area contributed by atoms with Gasteiger partial charge in [0, 0.05) is 6.42 Å². The molecule has 0 aliphatic carbocycles. The Morgan fingerprint density at radius 3 is 3.20 bits per heavy atom. The van der Waals surface area contributed by atoms with Gasteiger partial charge in [-0.3, -0.25) is 0 Å². The molecule has 0 spiro atoms. The molecule has 1 unspecified atom stereocenters. The van der Waals surface area contributed by atoms with Crippen LogP contribution >= 0.6 is 0 Å². The summed E-state index contributed by atoms with van der Waals surface area (Å²) in [6.07, 6.45) is 3.76. The van der Waals surface area contributed by atoms with E-state index in [0.29, 0.717) is 13.0 Å². The molecule has 4 nitrogen and oxygen atoms in total. The Hall–Kier alpha value is -1.71. The highest BCUT2D eigenvalue weighted by Crippen LogP contribution is 2.31. The molecule has 1 atom stereocenters. The highest BCUT2D eigenvalue weighted by molar-refractivity contribution is 5.86. The van der Waals surface area contributed by atoms with Crippen molar-refractivity contribution >= 4 is 5.97 Å². The third kappa shape index (κ3) is 2.03. The van der Waals surface area contributed by atoms with E-state index in [4.69, 9.17) is 13.9 Å². The number of hydrogen-bond acceptors (Lipinski definition) is 4. The van der Waals surface area contributed by atoms with Gasteiger partial charge in [0.2, 0.25) is 5.76 Å². The van der Waals surface area contributed by atoms with Crippen molar-refractivity contribution in [3.8, 4) is 0 Å². The summed E-state index contributed by atoms with van der Waals surface area (Å²) in [6.45, 7) is 2.11. The van der Waals surface area contributed by atoms with Crippen molar-refractivity contribution in [1.82, 2.24) is 0 Å². The Morgan fingerprint density at radius 1 is 1.67 bits per heavy atom. The first-order valence-electron chi connectivity index (χ1n) is 4.88. The van der Waals surface area contributed by atoms with Crippen LogP contribution in [0.3, 0.4) is 0 Å². The maximum Gasteiger partial charge on any atom is 0.373 e. The summed E-state index contributed by atoms with van der Waals surface area (Å²) in [5.41, 5.74) is 0. The van der Waals surface area contributed by atoms with Crippen LogP contribution in [-0.4, -0.2) is 12.6 Å². The molecule has 0 N–H and O–H groups in total. The highest BCUT2D eigenvalue weighted by Gasteiger charge is 2.26. The summed E-state index contributed by atoms with van der Waals surface area (Å²) in [5, 5.41) is 0. The van der Waals surface area contributed by atoms with E-state index in [1.165, 1.54) is 0 Å². The molecule has 0 amide bonds. The molecule has 0 bridgehead atoms. The first-order chi connectivity index (χ1) is 7.31. The lowest BCUT2D eigenvalue weighted by Crippen LogP contribution is -2.08. The molecule has 2 rings (SSSR count). The monoisotopic (exact) mass is 208 g/mol. The van der Waals surface area contributed by atoms with Crippen LogP contribution < -0.4 is 0 Å². The van der Waals surface area contributed by atoms with E-state index in [1.54, 1.807) is 25.3 Å². The third-order valence-corrected chi connectivity index (χ3v) is 2.12. The van der Waals surface area contributed by atoms with E-state index in [1.807, 2.05) is 6.07 Å². The molecule has 0 aromatic carbocycles. The number of hydrogen-bond donors (Lipinski definition) is 0. The van der Waals surface area contributed by atoms with Crippen LogP contribution in [-0.2, 0) is 14.3 Å². The lowest BCUT2D eigenvalue weighted by atomic mass is 10.2. The van der Waals surface area contributed by atoms with Crippen LogP contribution in [0.2, 0.25) is 0 Å². The van der Waals surface area contributed by atoms with Gasteiger partial charge < -0.3 is 13.9 Å². The number of esters is 1. The predicted octanol–water partition coefficient (Wildman–Crippen LogP) is 2.19. The summed E-state index contributed by atoms with van der Waals surface area (Å²) in [4.78, 5) is 11.3. The van der Waals surface area contributed by atoms with E-state index in [9.17, 15) is 4.79 Å². The van der Waals surface area contributed by atoms with E-state index in [2.05, 4.69) is 0 Å². The van der Waals surface area contributed by atoms with Crippen molar-refractivity contribution in [3.05, 3.63) is 36.0 Å². The van der Waals surface area contributed by atoms with Gasteiger partial charge in [0.15, 0.2) is 6.10 Å². The second-order valence-electron chi connectivity index (χ2n) is 3.15. The Morgan fingerprint density at radius 2 is 2.53 bits per heavy atom. The van der Waals surface area contributed by atoms with Crippen molar-refractivity contribution in [2.24, 2.45) is 0 Å². The van der Waals surface area contributed by atoms with Crippen molar-refractivity contribution in [2.75, 3.05) is 6.61 Å². The molecule has 1 aliphatic heterocycles. The zero-order valence-corrected chi connectivity index (χ0v) is 8.43. The highest BCUT2D eigenvalue weighted by atomic mass is 16.6. The minimum absolute atomic E-state index is 0.195. The third-order valence-electron chi connectivity index (χ3n) is 2.12. The molecule has 1 aromatic rings. The van der Waals surface area contributed by atoms with Crippen LogP contribution in [0.5, 0.6) is 0 Å². The second-order valence-corrected chi connectivity index (χ2v) is 3.15. The summed E-state index contributed by atoms with van der Waals surface area (Å²) in [5.74, 6) is 0.593. The number of ether oxygens (including phenoxy) is 2. The fraction of sp³-hybridized carbons (Fsp3) is 0.364. The van der Waals surface area contributed by atoms with Crippen LogP contribution in [0.25, 0.3) is 0 Å². The van der Waals surface area contributed by atoms with Gasteiger partial charge in [0.1, 0.15) is 5.76 Å². The molecular formula is C11H12O4. The lowest BCUT2D eigenvalue weighted by Gasteiger charge is -2.09. The smallest absolute Gasteiger partial charge is 0.373 e. The first-order valence-corrected chi connectivity index (χ1v) is 4.88. The quantitative estimate of drug-likeness (QED) is 0.714. The maximum atomic E-state index is 11.3. The van der Waals surface area contributed by atoms with Gasteiger partial charge in [-0.05, 0) is 25.1 Å². The minimum atomic E-state index is -0.411. The number of carbonyl (C=O) groups is 1. The summed E-state index contributed by atoms with van der Waals surface area (Å²) in [6, 6.07) is 3.62. The number of carbonyl (C=O) groups excluding carboxylic acids is 1. The standard InChI is InChI=1S/C11H12O4/c1-2-13-11(12)10-6-5-9(15-10)8-4-3-7-14-8/h3-4,6-7,9H,2,5H2,1H3. The maximum absolute atomic E-state index is 11.3. The van der Waals surface area contributed by atoms with Gasteiger partial charge >= 0.3 is 5.97 Å². The molecule has 2 heterocycles. The van der Waals surface area contributed by atoms with Crippen LogP contribution in [0.15, 0.2) is 34.6 Å². The van der Waals surface area contributed by atoms with Crippen molar-refractivity contribution < 1.29 is 18.7 Å². The average Bonchev–Trinajstić information content (AvgIpc) is 2.89. The molecule has 80 valence electrons. The zero-order chi connectivity index (χ0) is 10.7.